The van der Waals surface area contributed by atoms with Gasteiger partial charge in [0.2, 0.25) is 10.0 Å². The molecule has 0 N–H and O–H groups in total. The van der Waals surface area contributed by atoms with Crippen LogP contribution in [0.5, 0.6) is 0 Å². The van der Waals surface area contributed by atoms with Crippen LogP contribution in [0.4, 0.5) is 5.69 Å². The van der Waals surface area contributed by atoms with E-state index in [4.69, 9.17) is 11.6 Å². The quantitative estimate of drug-likeness (QED) is 0.662. The SMILES string of the molecule is CN1c2ccc(Cl)cc2CS1(=O)=O. The molecule has 70 valence electrons. The molecule has 0 amide bonds. The molecule has 0 radical (unpaired) electrons. The van der Waals surface area contributed by atoms with Crippen LogP contribution in [-0.4, -0.2) is 15.5 Å². The Labute approximate surface area is 82.0 Å². The monoisotopic (exact) mass is 217 g/mol. The molecule has 1 aliphatic rings. The molecule has 0 spiro atoms. The molecule has 0 fully saturated rings. The first-order valence-electron chi connectivity index (χ1n) is 3.76. The van der Waals surface area contributed by atoms with E-state index in [2.05, 4.69) is 0 Å². The first kappa shape index (κ1) is 8.84. The van der Waals surface area contributed by atoms with Crippen molar-refractivity contribution in [3.05, 3.63) is 28.8 Å². The molecule has 1 aromatic rings. The number of halogens is 1. The van der Waals surface area contributed by atoms with Crippen molar-refractivity contribution in [2.75, 3.05) is 11.4 Å². The van der Waals surface area contributed by atoms with E-state index in [0.29, 0.717) is 5.02 Å². The Hall–Kier alpha value is -0.740. The molecular formula is C8H8ClNO2S. The predicted molar refractivity (Wildman–Crippen MR) is 52.5 cm³/mol. The van der Waals surface area contributed by atoms with E-state index in [1.165, 1.54) is 4.31 Å². The molecule has 13 heavy (non-hydrogen) atoms. The van der Waals surface area contributed by atoms with Crippen molar-refractivity contribution in [2.45, 2.75) is 5.75 Å². The van der Waals surface area contributed by atoms with Crippen LogP contribution in [0.25, 0.3) is 0 Å². The van der Waals surface area contributed by atoms with Crippen molar-refractivity contribution in [1.29, 1.82) is 0 Å². The summed E-state index contributed by atoms with van der Waals surface area (Å²) in [5.74, 6) is 0.0550. The lowest BCUT2D eigenvalue weighted by atomic mass is 10.2. The smallest absolute Gasteiger partial charge is 0.239 e. The molecule has 0 saturated carbocycles. The molecule has 5 heteroatoms. The maximum atomic E-state index is 11.4. The molecule has 1 aromatic carbocycles. The van der Waals surface area contributed by atoms with Crippen LogP contribution in [0.2, 0.25) is 5.02 Å². The summed E-state index contributed by atoms with van der Waals surface area (Å²) in [5, 5.41) is 0.573. The van der Waals surface area contributed by atoms with E-state index in [1.54, 1.807) is 25.2 Å². The first-order chi connectivity index (χ1) is 6.00. The predicted octanol–water partition coefficient (Wildman–Crippen LogP) is 1.62. The van der Waals surface area contributed by atoms with Crippen LogP contribution in [0.3, 0.4) is 0 Å². The maximum absolute atomic E-state index is 11.4. The average molecular weight is 218 g/mol. The summed E-state index contributed by atoms with van der Waals surface area (Å²) in [4.78, 5) is 0. The summed E-state index contributed by atoms with van der Waals surface area (Å²) in [6.45, 7) is 0. The highest BCUT2D eigenvalue weighted by Gasteiger charge is 2.29. The van der Waals surface area contributed by atoms with E-state index < -0.39 is 10.0 Å². The number of hydrogen-bond acceptors (Lipinski definition) is 2. The molecule has 0 aliphatic carbocycles. The second kappa shape index (κ2) is 2.62. The topological polar surface area (TPSA) is 37.4 Å². The molecule has 0 aromatic heterocycles. The van der Waals surface area contributed by atoms with Gasteiger partial charge in [-0.2, -0.15) is 0 Å². The number of benzene rings is 1. The maximum Gasteiger partial charge on any atom is 0.239 e. The summed E-state index contributed by atoms with van der Waals surface area (Å²) in [7, 11) is -1.58. The highest BCUT2D eigenvalue weighted by molar-refractivity contribution is 7.92. The first-order valence-corrected chi connectivity index (χ1v) is 5.74. The third-order valence-corrected chi connectivity index (χ3v) is 4.08. The van der Waals surface area contributed by atoms with Crippen molar-refractivity contribution in [3.63, 3.8) is 0 Å². The zero-order valence-electron chi connectivity index (χ0n) is 6.99. The van der Waals surface area contributed by atoms with Gasteiger partial charge in [-0.05, 0) is 23.8 Å². The zero-order valence-corrected chi connectivity index (χ0v) is 8.56. The second-order valence-corrected chi connectivity index (χ2v) is 5.43. The number of anilines is 1. The Bertz CT molecular complexity index is 455. The van der Waals surface area contributed by atoms with Gasteiger partial charge in [-0.1, -0.05) is 11.6 Å². The highest BCUT2D eigenvalue weighted by Crippen LogP contribution is 2.33. The van der Waals surface area contributed by atoms with Crippen LogP contribution >= 0.6 is 11.6 Å². The van der Waals surface area contributed by atoms with E-state index in [1.807, 2.05) is 0 Å². The molecule has 0 unspecified atom stereocenters. The molecular weight excluding hydrogens is 210 g/mol. The lowest BCUT2D eigenvalue weighted by molar-refractivity contribution is 0.596. The van der Waals surface area contributed by atoms with E-state index >= 15 is 0 Å². The molecule has 2 rings (SSSR count). The summed E-state index contributed by atoms with van der Waals surface area (Å²) < 4.78 is 24.1. The summed E-state index contributed by atoms with van der Waals surface area (Å²) in [6.07, 6.45) is 0. The van der Waals surface area contributed by atoms with Gasteiger partial charge >= 0.3 is 0 Å². The van der Waals surface area contributed by atoms with E-state index in [-0.39, 0.29) is 5.75 Å². The molecule has 0 saturated heterocycles. The van der Waals surface area contributed by atoms with Gasteiger partial charge in [0.05, 0.1) is 11.4 Å². The van der Waals surface area contributed by atoms with Crippen LogP contribution in [0.15, 0.2) is 18.2 Å². The number of nitrogens with zero attached hydrogens (tertiary/aromatic N) is 1. The Kier molecular flexibility index (Phi) is 1.78. The molecule has 0 atom stereocenters. The zero-order chi connectivity index (χ0) is 9.64. The normalized spacial score (nSPS) is 18.8. The summed E-state index contributed by atoms with van der Waals surface area (Å²) in [6, 6.07) is 5.11. The van der Waals surface area contributed by atoms with Gasteiger partial charge in [0.25, 0.3) is 0 Å². The third-order valence-electron chi connectivity index (χ3n) is 2.14. The minimum Gasteiger partial charge on any atom is -0.273 e. The fraction of sp³-hybridized carbons (Fsp3) is 0.250. The van der Waals surface area contributed by atoms with Gasteiger partial charge in [0.1, 0.15) is 0 Å². The summed E-state index contributed by atoms with van der Waals surface area (Å²) in [5.41, 5.74) is 1.50. The van der Waals surface area contributed by atoms with Crippen molar-refractivity contribution in [2.24, 2.45) is 0 Å². The van der Waals surface area contributed by atoms with Crippen molar-refractivity contribution >= 4 is 27.3 Å². The number of sulfonamides is 1. The lowest BCUT2D eigenvalue weighted by Crippen LogP contribution is -2.20. The second-order valence-electron chi connectivity index (χ2n) is 3.00. The minimum absolute atomic E-state index is 0.0550. The largest absolute Gasteiger partial charge is 0.273 e. The Morgan fingerprint density at radius 2 is 2.15 bits per heavy atom. The molecule has 1 heterocycles. The van der Waals surface area contributed by atoms with Crippen molar-refractivity contribution < 1.29 is 8.42 Å². The van der Waals surface area contributed by atoms with E-state index in [9.17, 15) is 8.42 Å². The number of fused-ring (bicyclic) bond motifs is 1. The number of hydrogen-bond donors (Lipinski definition) is 0. The standard InChI is InChI=1S/C8H8ClNO2S/c1-10-8-3-2-7(9)4-6(8)5-13(10,11)12/h2-4H,5H2,1H3. The Morgan fingerprint density at radius 1 is 1.46 bits per heavy atom. The average Bonchev–Trinajstić information content (AvgIpc) is 2.22. The minimum atomic E-state index is -3.13. The van der Waals surface area contributed by atoms with Crippen LogP contribution in [-0.2, 0) is 15.8 Å². The van der Waals surface area contributed by atoms with Crippen LogP contribution in [0.1, 0.15) is 5.56 Å². The lowest BCUT2D eigenvalue weighted by Gasteiger charge is -2.10. The van der Waals surface area contributed by atoms with Gasteiger partial charge in [-0.15, -0.1) is 0 Å². The van der Waals surface area contributed by atoms with Gasteiger partial charge in [0.15, 0.2) is 0 Å². The molecule has 1 aliphatic heterocycles. The molecule has 0 bridgehead atoms. The Balaban J connectivity index is 2.63. The van der Waals surface area contributed by atoms with Crippen molar-refractivity contribution in [1.82, 2.24) is 0 Å². The Morgan fingerprint density at radius 3 is 2.85 bits per heavy atom. The highest BCUT2D eigenvalue weighted by atomic mass is 35.5. The van der Waals surface area contributed by atoms with E-state index in [0.717, 1.165) is 11.3 Å². The fourth-order valence-electron chi connectivity index (χ4n) is 1.42. The fourth-order valence-corrected chi connectivity index (χ4v) is 2.91. The van der Waals surface area contributed by atoms with Crippen LogP contribution < -0.4 is 4.31 Å². The van der Waals surface area contributed by atoms with Gasteiger partial charge < -0.3 is 0 Å². The van der Waals surface area contributed by atoms with Crippen molar-refractivity contribution in [3.8, 4) is 0 Å². The summed E-state index contributed by atoms with van der Waals surface area (Å²) >= 11 is 5.75. The molecule has 3 nitrogen and oxygen atoms in total. The van der Waals surface area contributed by atoms with Gasteiger partial charge in [-0.25, -0.2) is 8.42 Å². The number of rotatable bonds is 0. The van der Waals surface area contributed by atoms with Crippen LogP contribution in [0, 0.1) is 0 Å². The third kappa shape index (κ3) is 1.30. The van der Waals surface area contributed by atoms with Gasteiger partial charge in [0, 0.05) is 12.1 Å². The van der Waals surface area contributed by atoms with Gasteiger partial charge in [-0.3, -0.25) is 4.31 Å².